The summed E-state index contributed by atoms with van der Waals surface area (Å²) in [6, 6.07) is 0. The van der Waals surface area contributed by atoms with Crippen LogP contribution in [-0.4, -0.2) is 23.3 Å². The molecule has 0 aromatic rings. The van der Waals surface area contributed by atoms with E-state index in [9.17, 15) is 8.42 Å². The molecule has 0 bridgehead atoms. The van der Waals surface area contributed by atoms with Crippen molar-refractivity contribution in [2.75, 3.05) is 5.75 Å². The van der Waals surface area contributed by atoms with Gasteiger partial charge in [0.2, 0.25) is 0 Å². The van der Waals surface area contributed by atoms with Crippen LogP contribution in [0.4, 0.5) is 0 Å². The summed E-state index contributed by atoms with van der Waals surface area (Å²) in [5.74, 6) is 0.554. The van der Waals surface area contributed by atoms with Crippen molar-refractivity contribution in [3.05, 3.63) is 0 Å². The fourth-order valence-corrected chi connectivity index (χ4v) is 1.90. The third-order valence-electron chi connectivity index (χ3n) is 0.635. The van der Waals surface area contributed by atoms with E-state index in [1.165, 1.54) is 11.8 Å². The zero-order chi connectivity index (χ0) is 5.49. The molecular weight excluding hydrogens is 136 g/mol. The molecule has 1 N–H and O–H groups in total. The van der Waals surface area contributed by atoms with Crippen molar-refractivity contribution in [3.63, 3.8) is 0 Å². The van der Waals surface area contributed by atoms with Gasteiger partial charge in [-0.15, -0.1) is 11.8 Å². The van der Waals surface area contributed by atoms with E-state index in [4.69, 9.17) is 4.55 Å². The van der Waals surface area contributed by atoms with E-state index in [0.717, 1.165) is 0 Å². The first kappa shape index (κ1) is 5.40. The van der Waals surface area contributed by atoms with E-state index in [2.05, 4.69) is 0 Å². The molecule has 0 aliphatic carbocycles. The van der Waals surface area contributed by atoms with Gasteiger partial charge in [-0.25, -0.2) is 0 Å². The second-order valence-electron chi connectivity index (χ2n) is 1.28. The largest absolute Gasteiger partial charge is 0.285 e. The Hall–Kier alpha value is 0.260. The lowest BCUT2D eigenvalue weighted by atomic mass is 11.0. The molecule has 42 valence electrons. The third kappa shape index (κ3) is 1.32. The average Bonchev–Trinajstić information content (AvgIpc) is 1.99. The molecule has 1 aliphatic heterocycles. The van der Waals surface area contributed by atoms with Gasteiger partial charge in [0, 0.05) is 5.75 Å². The summed E-state index contributed by atoms with van der Waals surface area (Å²) in [5, 5.41) is 0. The Bertz CT molecular complexity index is 154. The summed E-state index contributed by atoms with van der Waals surface area (Å²) in [5.41, 5.74) is 0. The van der Waals surface area contributed by atoms with Gasteiger partial charge in [-0.2, -0.15) is 8.42 Å². The molecule has 1 rings (SSSR count). The first-order valence-corrected chi connectivity index (χ1v) is 4.24. The molecule has 1 atom stereocenters. The topological polar surface area (TPSA) is 54.4 Å². The van der Waals surface area contributed by atoms with E-state index in [-0.39, 0.29) is 0 Å². The summed E-state index contributed by atoms with van der Waals surface area (Å²) < 4.78 is 27.5. The molecule has 0 radical (unpaired) electrons. The second-order valence-corrected chi connectivity index (χ2v) is 4.41. The quantitative estimate of drug-likeness (QED) is 0.410. The van der Waals surface area contributed by atoms with Gasteiger partial charge in [-0.1, -0.05) is 0 Å². The summed E-state index contributed by atoms with van der Waals surface area (Å²) in [4.78, 5) is 0. The van der Waals surface area contributed by atoms with Gasteiger partial charge in [0.1, 0.15) is 4.58 Å². The standard InChI is InChI=1S/C2H4O3S2/c3-7(4,5)2-1-6-2/h2H,1H2,(H,3,4,5). The van der Waals surface area contributed by atoms with Crippen LogP contribution in [0.15, 0.2) is 0 Å². The van der Waals surface area contributed by atoms with E-state index in [1.807, 2.05) is 0 Å². The average molecular weight is 140 g/mol. The fourth-order valence-electron chi connectivity index (χ4n) is 0.211. The zero-order valence-corrected chi connectivity index (χ0v) is 5.00. The Balaban J connectivity index is 2.71. The Morgan fingerprint density at radius 1 is 1.71 bits per heavy atom. The predicted octanol–water partition coefficient (Wildman–Crippen LogP) is -0.0529. The second kappa shape index (κ2) is 1.37. The molecule has 1 saturated heterocycles. The SMILES string of the molecule is O=S(=O)(O)C1CS1. The summed E-state index contributed by atoms with van der Waals surface area (Å²) >= 11 is 1.24. The van der Waals surface area contributed by atoms with E-state index < -0.39 is 14.7 Å². The molecule has 0 spiro atoms. The molecule has 7 heavy (non-hydrogen) atoms. The monoisotopic (exact) mass is 140 g/mol. The van der Waals surface area contributed by atoms with E-state index >= 15 is 0 Å². The minimum absolute atomic E-state index is 0.507. The number of thioether (sulfide) groups is 1. The smallest absolute Gasteiger partial charge is 0.278 e. The van der Waals surface area contributed by atoms with Crippen LogP contribution < -0.4 is 0 Å². The number of hydrogen-bond donors (Lipinski definition) is 1. The molecular formula is C2H4O3S2. The van der Waals surface area contributed by atoms with Crippen LogP contribution in [0, 0.1) is 0 Å². The lowest BCUT2D eigenvalue weighted by Crippen LogP contribution is -2.02. The molecule has 1 fully saturated rings. The summed E-state index contributed by atoms with van der Waals surface area (Å²) in [6.07, 6.45) is 0. The summed E-state index contributed by atoms with van der Waals surface area (Å²) in [7, 11) is -3.67. The van der Waals surface area contributed by atoms with Crippen molar-refractivity contribution < 1.29 is 13.0 Å². The van der Waals surface area contributed by atoms with Crippen molar-refractivity contribution in [2.45, 2.75) is 4.58 Å². The fraction of sp³-hybridized carbons (Fsp3) is 1.00. The zero-order valence-electron chi connectivity index (χ0n) is 3.36. The van der Waals surface area contributed by atoms with Gasteiger partial charge >= 0.3 is 0 Å². The maximum atomic E-state index is 9.93. The van der Waals surface area contributed by atoms with E-state index in [0.29, 0.717) is 5.75 Å². The van der Waals surface area contributed by atoms with Crippen LogP contribution in [0.25, 0.3) is 0 Å². The Morgan fingerprint density at radius 2 is 2.14 bits per heavy atom. The predicted molar refractivity (Wildman–Crippen MR) is 27.8 cm³/mol. The molecule has 1 unspecified atom stereocenters. The van der Waals surface area contributed by atoms with Gasteiger partial charge in [0.15, 0.2) is 0 Å². The van der Waals surface area contributed by atoms with Crippen molar-refractivity contribution in [1.29, 1.82) is 0 Å². The van der Waals surface area contributed by atoms with Crippen LogP contribution in [0.5, 0.6) is 0 Å². The molecule has 0 amide bonds. The molecule has 0 aromatic carbocycles. The normalized spacial score (nSPS) is 30.1. The molecule has 0 saturated carbocycles. The van der Waals surface area contributed by atoms with Gasteiger partial charge in [-0.3, -0.25) is 4.55 Å². The Kier molecular flexibility index (Phi) is 1.05. The molecule has 1 heterocycles. The van der Waals surface area contributed by atoms with Crippen LogP contribution in [0.3, 0.4) is 0 Å². The van der Waals surface area contributed by atoms with Crippen molar-refractivity contribution in [1.82, 2.24) is 0 Å². The van der Waals surface area contributed by atoms with Gasteiger partial charge < -0.3 is 0 Å². The maximum Gasteiger partial charge on any atom is 0.278 e. The highest BCUT2D eigenvalue weighted by Crippen LogP contribution is 2.33. The van der Waals surface area contributed by atoms with Gasteiger partial charge in [-0.05, 0) is 0 Å². The highest BCUT2D eigenvalue weighted by molar-refractivity contribution is 8.18. The maximum absolute atomic E-state index is 9.93. The Labute approximate surface area is 45.9 Å². The van der Waals surface area contributed by atoms with Crippen LogP contribution in [0.1, 0.15) is 0 Å². The highest BCUT2D eigenvalue weighted by Gasteiger charge is 2.35. The van der Waals surface area contributed by atoms with Crippen molar-refractivity contribution in [3.8, 4) is 0 Å². The first-order chi connectivity index (χ1) is 3.11. The van der Waals surface area contributed by atoms with Crippen LogP contribution >= 0.6 is 11.8 Å². The molecule has 3 nitrogen and oxygen atoms in total. The van der Waals surface area contributed by atoms with Gasteiger partial charge in [0.25, 0.3) is 10.1 Å². The van der Waals surface area contributed by atoms with Crippen molar-refractivity contribution >= 4 is 21.9 Å². The van der Waals surface area contributed by atoms with Crippen LogP contribution in [-0.2, 0) is 10.1 Å². The molecule has 1 aliphatic rings. The summed E-state index contributed by atoms with van der Waals surface area (Å²) in [6.45, 7) is 0. The minimum atomic E-state index is -3.67. The van der Waals surface area contributed by atoms with Crippen LogP contribution in [0.2, 0.25) is 0 Å². The lowest BCUT2D eigenvalue weighted by Gasteiger charge is -1.81. The molecule has 5 heteroatoms. The highest BCUT2D eigenvalue weighted by atomic mass is 32.3. The van der Waals surface area contributed by atoms with Gasteiger partial charge in [0.05, 0.1) is 0 Å². The minimum Gasteiger partial charge on any atom is -0.285 e. The number of rotatable bonds is 1. The third-order valence-corrected chi connectivity index (χ3v) is 3.45. The van der Waals surface area contributed by atoms with E-state index in [1.54, 1.807) is 0 Å². The molecule has 0 aromatic heterocycles. The van der Waals surface area contributed by atoms with Crippen molar-refractivity contribution in [2.24, 2.45) is 0 Å². The Morgan fingerprint density at radius 3 is 2.14 bits per heavy atom. The first-order valence-electron chi connectivity index (χ1n) is 1.68. The number of hydrogen-bond acceptors (Lipinski definition) is 3. The lowest BCUT2D eigenvalue weighted by molar-refractivity contribution is 0.484.